The van der Waals surface area contributed by atoms with Crippen molar-refractivity contribution in [2.45, 2.75) is 71.1 Å². The molecule has 1 aromatic rings. The molecule has 0 N–H and O–H groups in total. The van der Waals surface area contributed by atoms with E-state index >= 15 is 0 Å². The van der Waals surface area contributed by atoms with Crippen molar-refractivity contribution in [3.63, 3.8) is 0 Å². The highest BCUT2D eigenvalue weighted by Gasteiger charge is 2.18. The zero-order valence-corrected chi connectivity index (χ0v) is 16.0. The van der Waals surface area contributed by atoms with Gasteiger partial charge >= 0.3 is 11.9 Å². The van der Waals surface area contributed by atoms with E-state index in [1.807, 2.05) is 0 Å². The number of ether oxygens (including phenoxy) is 2. The van der Waals surface area contributed by atoms with Crippen LogP contribution in [0.2, 0.25) is 0 Å². The number of benzene rings is 1. The minimum Gasteiger partial charge on any atom is -0.462 e. The number of rotatable bonds is 14. The smallest absolute Gasteiger partial charge is 0.343 e. The first-order chi connectivity index (χ1) is 12.7. The molecule has 0 saturated carbocycles. The first kappa shape index (κ1) is 21.9. The van der Waals surface area contributed by atoms with E-state index in [9.17, 15) is 9.59 Å². The van der Waals surface area contributed by atoms with Crippen LogP contribution >= 0.6 is 0 Å². The van der Waals surface area contributed by atoms with Crippen molar-refractivity contribution in [2.24, 2.45) is 0 Å². The Bertz CT molecular complexity index is 551. The highest BCUT2D eigenvalue weighted by Crippen LogP contribution is 2.13. The molecular formula is C22H32O4. The Kier molecular flexibility index (Phi) is 11.9. The topological polar surface area (TPSA) is 52.6 Å². The molecule has 0 aliphatic rings. The fourth-order valence-corrected chi connectivity index (χ4v) is 2.81. The molecule has 0 radical (unpaired) electrons. The summed E-state index contributed by atoms with van der Waals surface area (Å²) in [6.07, 6.45) is 13.3. The van der Waals surface area contributed by atoms with Crippen LogP contribution in [0.4, 0.5) is 0 Å². The molecule has 1 aromatic carbocycles. The van der Waals surface area contributed by atoms with Gasteiger partial charge in [-0.05, 0) is 18.6 Å². The zero-order valence-electron chi connectivity index (χ0n) is 16.0. The second kappa shape index (κ2) is 14.1. The van der Waals surface area contributed by atoms with E-state index in [1.54, 1.807) is 24.3 Å². The van der Waals surface area contributed by atoms with Crippen molar-refractivity contribution in [1.29, 1.82) is 0 Å². The summed E-state index contributed by atoms with van der Waals surface area (Å²) < 4.78 is 10.0. The summed E-state index contributed by atoms with van der Waals surface area (Å²) in [6.45, 7) is 5.96. The van der Waals surface area contributed by atoms with Gasteiger partial charge in [0.25, 0.3) is 0 Å². The van der Waals surface area contributed by atoms with Gasteiger partial charge in [-0.2, -0.15) is 0 Å². The van der Waals surface area contributed by atoms with Crippen molar-refractivity contribution in [3.05, 3.63) is 48.2 Å². The molecule has 0 unspecified atom stereocenters. The Morgan fingerprint density at radius 2 is 1.35 bits per heavy atom. The van der Waals surface area contributed by atoms with Gasteiger partial charge in [0.05, 0.1) is 24.0 Å². The Balaban J connectivity index is 2.19. The Morgan fingerprint density at radius 1 is 0.846 bits per heavy atom. The number of unbranched alkanes of at least 4 members (excludes halogenated alkanes) is 9. The standard InChI is InChI=1S/C22H32O4/c1-3-5-6-7-8-9-10-11-12-15-18-26-22(24)20-17-14-13-16-19(20)21(23)25-4-2/h4,13-14,16-17H,2-3,5-12,15,18H2,1H3. The summed E-state index contributed by atoms with van der Waals surface area (Å²) in [4.78, 5) is 24.0. The van der Waals surface area contributed by atoms with Gasteiger partial charge in [-0.1, -0.05) is 83.4 Å². The van der Waals surface area contributed by atoms with Gasteiger partial charge in [-0.3, -0.25) is 0 Å². The summed E-state index contributed by atoms with van der Waals surface area (Å²) in [6, 6.07) is 6.49. The Morgan fingerprint density at radius 3 is 1.88 bits per heavy atom. The molecule has 26 heavy (non-hydrogen) atoms. The molecule has 0 bridgehead atoms. The molecule has 0 heterocycles. The lowest BCUT2D eigenvalue weighted by molar-refractivity contribution is 0.0486. The predicted molar refractivity (Wildman–Crippen MR) is 104 cm³/mol. The zero-order chi connectivity index (χ0) is 19.0. The second-order valence-electron chi connectivity index (χ2n) is 6.44. The number of hydrogen-bond acceptors (Lipinski definition) is 4. The maximum atomic E-state index is 12.2. The van der Waals surface area contributed by atoms with E-state index in [0.717, 1.165) is 19.1 Å². The number of hydrogen-bond donors (Lipinski definition) is 0. The van der Waals surface area contributed by atoms with E-state index in [2.05, 4.69) is 13.5 Å². The van der Waals surface area contributed by atoms with Crippen LogP contribution in [-0.2, 0) is 9.47 Å². The Labute approximate surface area is 157 Å². The molecule has 0 saturated heterocycles. The molecule has 1 rings (SSSR count). The molecule has 0 aliphatic heterocycles. The summed E-state index contributed by atoms with van der Waals surface area (Å²) in [5.41, 5.74) is 0.423. The molecule has 0 fully saturated rings. The van der Waals surface area contributed by atoms with Gasteiger partial charge < -0.3 is 9.47 Å². The van der Waals surface area contributed by atoms with E-state index in [4.69, 9.17) is 9.47 Å². The molecule has 4 nitrogen and oxygen atoms in total. The quantitative estimate of drug-likeness (QED) is 0.230. The molecule has 0 aromatic heterocycles. The third-order valence-corrected chi connectivity index (χ3v) is 4.29. The highest BCUT2D eigenvalue weighted by molar-refractivity contribution is 6.03. The van der Waals surface area contributed by atoms with Gasteiger partial charge in [0.2, 0.25) is 0 Å². The SMILES string of the molecule is C=COC(=O)c1ccccc1C(=O)OCCCCCCCCCCCC. The van der Waals surface area contributed by atoms with E-state index in [0.29, 0.717) is 6.61 Å². The lowest BCUT2D eigenvalue weighted by Gasteiger charge is -2.08. The van der Waals surface area contributed by atoms with Gasteiger partial charge in [-0.15, -0.1) is 0 Å². The fraction of sp³-hybridized carbons (Fsp3) is 0.545. The maximum Gasteiger partial charge on any atom is 0.343 e. The van der Waals surface area contributed by atoms with Crippen LogP contribution in [0.15, 0.2) is 37.1 Å². The molecule has 4 heteroatoms. The first-order valence-electron chi connectivity index (χ1n) is 9.78. The van der Waals surface area contributed by atoms with Crippen LogP contribution in [0, 0.1) is 0 Å². The second-order valence-corrected chi connectivity index (χ2v) is 6.44. The average molecular weight is 360 g/mol. The largest absolute Gasteiger partial charge is 0.462 e. The number of carbonyl (C=O) groups excluding carboxylic acids is 2. The molecule has 0 aliphatic carbocycles. The van der Waals surface area contributed by atoms with Crippen LogP contribution < -0.4 is 0 Å². The van der Waals surface area contributed by atoms with Crippen LogP contribution in [0.1, 0.15) is 91.8 Å². The number of esters is 2. The van der Waals surface area contributed by atoms with Crippen LogP contribution in [0.25, 0.3) is 0 Å². The van der Waals surface area contributed by atoms with Gasteiger partial charge in [0.15, 0.2) is 0 Å². The van der Waals surface area contributed by atoms with Crippen LogP contribution in [-0.4, -0.2) is 18.5 Å². The van der Waals surface area contributed by atoms with Crippen molar-refractivity contribution in [2.75, 3.05) is 6.61 Å². The molecule has 0 spiro atoms. The fourth-order valence-electron chi connectivity index (χ4n) is 2.81. The number of carbonyl (C=O) groups is 2. The maximum absolute atomic E-state index is 12.2. The summed E-state index contributed by atoms with van der Waals surface area (Å²) in [5, 5.41) is 0. The van der Waals surface area contributed by atoms with E-state index < -0.39 is 11.9 Å². The molecule has 0 amide bonds. The van der Waals surface area contributed by atoms with E-state index in [-0.39, 0.29) is 11.1 Å². The lowest BCUT2D eigenvalue weighted by Crippen LogP contribution is -2.13. The molecule has 0 atom stereocenters. The molecular weight excluding hydrogens is 328 g/mol. The minimum absolute atomic E-state index is 0.195. The summed E-state index contributed by atoms with van der Waals surface area (Å²) in [5.74, 6) is -1.09. The van der Waals surface area contributed by atoms with Gasteiger partial charge in [0.1, 0.15) is 0 Å². The predicted octanol–water partition coefficient (Wildman–Crippen LogP) is 6.06. The van der Waals surface area contributed by atoms with Crippen LogP contribution in [0.3, 0.4) is 0 Å². The lowest BCUT2D eigenvalue weighted by atomic mass is 10.1. The monoisotopic (exact) mass is 360 g/mol. The third kappa shape index (κ3) is 8.84. The molecule has 144 valence electrons. The van der Waals surface area contributed by atoms with Crippen molar-refractivity contribution < 1.29 is 19.1 Å². The van der Waals surface area contributed by atoms with Crippen LogP contribution in [0.5, 0.6) is 0 Å². The van der Waals surface area contributed by atoms with E-state index in [1.165, 1.54) is 51.4 Å². The Hall–Kier alpha value is -2.10. The third-order valence-electron chi connectivity index (χ3n) is 4.29. The summed E-state index contributed by atoms with van der Waals surface area (Å²) in [7, 11) is 0. The van der Waals surface area contributed by atoms with Gasteiger partial charge in [0, 0.05) is 0 Å². The van der Waals surface area contributed by atoms with Crippen molar-refractivity contribution >= 4 is 11.9 Å². The first-order valence-corrected chi connectivity index (χ1v) is 9.78. The highest BCUT2D eigenvalue weighted by atomic mass is 16.5. The normalized spacial score (nSPS) is 10.3. The average Bonchev–Trinajstić information content (AvgIpc) is 2.66. The minimum atomic E-state index is -0.605. The van der Waals surface area contributed by atoms with Crippen molar-refractivity contribution in [3.8, 4) is 0 Å². The van der Waals surface area contributed by atoms with Crippen molar-refractivity contribution in [1.82, 2.24) is 0 Å². The summed E-state index contributed by atoms with van der Waals surface area (Å²) >= 11 is 0. The van der Waals surface area contributed by atoms with Gasteiger partial charge in [-0.25, -0.2) is 9.59 Å².